The number of hydrogen-bond donors (Lipinski definition) is 2. The van der Waals surface area contributed by atoms with Crippen LogP contribution in [0.3, 0.4) is 0 Å². The van der Waals surface area contributed by atoms with E-state index in [-0.39, 0.29) is 29.5 Å². The fourth-order valence-electron chi connectivity index (χ4n) is 3.15. The topological polar surface area (TPSA) is 99.1 Å². The third kappa shape index (κ3) is 4.67. The minimum Gasteiger partial charge on any atom is -0.369 e. The molecule has 1 aromatic carbocycles. The fraction of sp³-hybridized carbons (Fsp3) is 0.450. The molecule has 27 heavy (non-hydrogen) atoms. The Bertz CT molecular complexity index is 852. The van der Waals surface area contributed by atoms with E-state index in [0.717, 1.165) is 12.1 Å². The molecule has 1 heterocycles. The van der Waals surface area contributed by atoms with Crippen LogP contribution in [-0.2, 0) is 16.1 Å². The van der Waals surface area contributed by atoms with Crippen LogP contribution < -0.4 is 16.6 Å². The van der Waals surface area contributed by atoms with Gasteiger partial charge in [-0.05, 0) is 38.3 Å². The normalized spacial score (nSPS) is 12.0. The molecule has 2 amide bonds. The first-order chi connectivity index (χ1) is 12.9. The van der Waals surface area contributed by atoms with Crippen molar-refractivity contribution in [1.82, 2.24) is 9.36 Å². The third-order valence-corrected chi connectivity index (χ3v) is 4.71. The number of nitrogens with two attached hydrogens (primary N) is 1. The molecule has 7 nitrogen and oxygen atoms in total. The van der Waals surface area contributed by atoms with Crippen molar-refractivity contribution >= 4 is 17.5 Å². The smallest absolute Gasteiger partial charge is 0.295 e. The van der Waals surface area contributed by atoms with Crippen molar-refractivity contribution < 1.29 is 9.59 Å². The predicted molar refractivity (Wildman–Crippen MR) is 106 cm³/mol. The van der Waals surface area contributed by atoms with Crippen LogP contribution in [0.1, 0.15) is 45.2 Å². The monoisotopic (exact) mass is 372 g/mol. The Hall–Kier alpha value is -2.83. The number of rotatable bonds is 9. The lowest BCUT2D eigenvalue weighted by Crippen LogP contribution is -2.26. The van der Waals surface area contributed by atoms with Crippen LogP contribution in [-0.4, -0.2) is 21.2 Å². The zero-order chi connectivity index (χ0) is 20.0. The van der Waals surface area contributed by atoms with Crippen LogP contribution in [0, 0.1) is 12.8 Å². The zero-order valence-electron chi connectivity index (χ0n) is 16.2. The molecule has 0 saturated heterocycles. The minimum atomic E-state index is -0.401. The number of amides is 2. The number of nitrogens with zero attached hydrogens (tertiary/aromatic N) is 2. The highest BCUT2D eigenvalue weighted by atomic mass is 16.2. The second-order valence-corrected chi connectivity index (χ2v) is 6.63. The lowest BCUT2D eigenvalue weighted by molar-refractivity contribution is -0.122. The highest BCUT2D eigenvalue weighted by Crippen LogP contribution is 2.17. The van der Waals surface area contributed by atoms with Crippen molar-refractivity contribution in [3.05, 3.63) is 46.4 Å². The molecule has 1 unspecified atom stereocenters. The Balaban J connectivity index is 2.28. The Morgan fingerprint density at radius 2 is 1.85 bits per heavy atom. The summed E-state index contributed by atoms with van der Waals surface area (Å²) in [5.74, 6) is -1.02. The Morgan fingerprint density at radius 1 is 1.19 bits per heavy atom. The summed E-state index contributed by atoms with van der Waals surface area (Å²) in [6.45, 7) is 6.38. The summed E-state index contributed by atoms with van der Waals surface area (Å²) >= 11 is 0. The molecule has 1 atom stereocenters. The number of carbonyl (C=O) groups is 2. The molecule has 0 aliphatic heterocycles. The molecular weight excluding hydrogens is 344 g/mol. The van der Waals surface area contributed by atoms with Crippen molar-refractivity contribution in [3.8, 4) is 5.69 Å². The van der Waals surface area contributed by atoms with Crippen molar-refractivity contribution in [2.45, 2.75) is 53.0 Å². The van der Waals surface area contributed by atoms with Gasteiger partial charge in [0.2, 0.25) is 11.8 Å². The summed E-state index contributed by atoms with van der Waals surface area (Å²) < 4.78 is 3.47. The fourth-order valence-corrected chi connectivity index (χ4v) is 3.15. The number of carbonyl (C=O) groups excluding carboxylic acids is 2. The number of primary amides is 1. The summed E-state index contributed by atoms with van der Waals surface area (Å²) in [4.78, 5) is 36.7. The first-order valence-electron chi connectivity index (χ1n) is 9.37. The van der Waals surface area contributed by atoms with Crippen molar-refractivity contribution in [1.29, 1.82) is 0 Å². The maximum absolute atomic E-state index is 13.0. The second-order valence-electron chi connectivity index (χ2n) is 6.63. The highest BCUT2D eigenvalue weighted by molar-refractivity contribution is 5.91. The van der Waals surface area contributed by atoms with E-state index in [1.54, 1.807) is 4.68 Å². The molecule has 0 bridgehead atoms. The van der Waals surface area contributed by atoms with E-state index in [2.05, 4.69) is 5.32 Å². The van der Waals surface area contributed by atoms with Crippen molar-refractivity contribution in [2.24, 2.45) is 11.7 Å². The maximum atomic E-state index is 13.0. The first-order valence-corrected chi connectivity index (χ1v) is 9.37. The van der Waals surface area contributed by atoms with E-state index in [9.17, 15) is 14.4 Å². The third-order valence-electron chi connectivity index (χ3n) is 4.71. The quantitative estimate of drug-likeness (QED) is 0.707. The van der Waals surface area contributed by atoms with E-state index in [4.69, 9.17) is 5.73 Å². The van der Waals surface area contributed by atoms with Crippen LogP contribution in [0.4, 0.5) is 5.69 Å². The number of para-hydroxylation sites is 1. The maximum Gasteiger partial charge on any atom is 0.295 e. The van der Waals surface area contributed by atoms with E-state index >= 15 is 0 Å². The van der Waals surface area contributed by atoms with Gasteiger partial charge in [-0.1, -0.05) is 32.0 Å². The summed E-state index contributed by atoms with van der Waals surface area (Å²) in [6, 6.07) is 9.34. The Morgan fingerprint density at radius 3 is 2.41 bits per heavy atom. The summed E-state index contributed by atoms with van der Waals surface area (Å²) in [6.07, 6.45) is 1.96. The van der Waals surface area contributed by atoms with Crippen LogP contribution in [0.2, 0.25) is 0 Å². The van der Waals surface area contributed by atoms with Gasteiger partial charge >= 0.3 is 0 Å². The molecule has 0 radical (unpaired) electrons. The molecule has 2 aromatic rings. The van der Waals surface area contributed by atoms with Gasteiger partial charge in [0.15, 0.2) is 0 Å². The average Bonchev–Trinajstić information content (AvgIpc) is 2.87. The van der Waals surface area contributed by atoms with Crippen molar-refractivity contribution in [3.63, 3.8) is 0 Å². The molecule has 0 aliphatic carbocycles. The molecule has 0 spiro atoms. The lowest BCUT2D eigenvalue weighted by Gasteiger charge is -2.12. The average molecular weight is 372 g/mol. The van der Waals surface area contributed by atoms with Crippen LogP contribution in [0.25, 0.3) is 5.69 Å². The predicted octanol–water partition coefficient (Wildman–Crippen LogP) is 2.59. The van der Waals surface area contributed by atoms with Crippen molar-refractivity contribution in [2.75, 3.05) is 5.32 Å². The van der Waals surface area contributed by atoms with Gasteiger partial charge in [-0.15, -0.1) is 0 Å². The van der Waals surface area contributed by atoms with E-state index < -0.39 is 5.91 Å². The van der Waals surface area contributed by atoms with Crippen LogP contribution >= 0.6 is 0 Å². The highest BCUT2D eigenvalue weighted by Gasteiger charge is 2.20. The zero-order valence-corrected chi connectivity index (χ0v) is 16.2. The SMILES string of the molecule is CCCn1c(C)c(NC(=O)CCC(CC)C(N)=O)c(=O)n1-c1ccccc1. The van der Waals surface area contributed by atoms with E-state index in [0.29, 0.717) is 25.1 Å². The molecular formula is C20H28N4O3. The van der Waals surface area contributed by atoms with E-state index in [1.165, 1.54) is 0 Å². The van der Waals surface area contributed by atoms with Crippen LogP contribution in [0.15, 0.2) is 35.1 Å². The molecule has 0 fully saturated rings. The molecule has 0 aliphatic rings. The number of aromatic nitrogens is 2. The molecule has 1 aromatic heterocycles. The van der Waals surface area contributed by atoms with Gasteiger partial charge in [0, 0.05) is 18.9 Å². The van der Waals surface area contributed by atoms with Crippen LogP contribution in [0.5, 0.6) is 0 Å². The van der Waals surface area contributed by atoms with Gasteiger partial charge < -0.3 is 11.1 Å². The summed E-state index contributed by atoms with van der Waals surface area (Å²) in [5.41, 5.74) is 6.81. The largest absolute Gasteiger partial charge is 0.369 e. The number of anilines is 1. The Kier molecular flexibility index (Phi) is 6.98. The number of nitrogens with one attached hydrogen (secondary N) is 1. The minimum absolute atomic E-state index is 0.143. The molecule has 3 N–H and O–H groups in total. The summed E-state index contributed by atoms with van der Waals surface area (Å²) in [5, 5.41) is 2.74. The number of hydrogen-bond acceptors (Lipinski definition) is 3. The lowest BCUT2D eigenvalue weighted by atomic mass is 9.99. The second kappa shape index (κ2) is 9.21. The Labute approximate surface area is 159 Å². The molecule has 0 saturated carbocycles. The molecule has 2 rings (SSSR count). The van der Waals surface area contributed by atoms with Gasteiger partial charge in [-0.25, -0.2) is 4.68 Å². The molecule has 146 valence electrons. The van der Waals surface area contributed by atoms with Gasteiger partial charge in [-0.3, -0.25) is 19.1 Å². The number of benzene rings is 1. The van der Waals surface area contributed by atoms with Gasteiger partial charge in [0.25, 0.3) is 5.56 Å². The summed E-state index contributed by atoms with van der Waals surface area (Å²) in [7, 11) is 0. The van der Waals surface area contributed by atoms with Gasteiger partial charge in [0.1, 0.15) is 5.69 Å². The van der Waals surface area contributed by atoms with Gasteiger partial charge in [0.05, 0.1) is 11.4 Å². The molecule has 7 heteroatoms. The standard InChI is InChI=1S/C20H28N4O3/c1-4-13-23-14(3)18(20(27)24(23)16-9-7-6-8-10-16)22-17(25)12-11-15(5-2)19(21)26/h6-10,15H,4-5,11-13H2,1-3H3,(H2,21,26)(H,22,25). The van der Waals surface area contributed by atoms with Gasteiger partial charge in [-0.2, -0.15) is 0 Å². The first kappa shape index (κ1) is 20.5. The van der Waals surface area contributed by atoms with E-state index in [1.807, 2.05) is 55.8 Å².